The van der Waals surface area contributed by atoms with E-state index in [1.165, 1.54) is 11.0 Å². The monoisotopic (exact) mass is 682 g/mol. The van der Waals surface area contributed by atoms with Gasteiger partial charge < -0.3 is 36.1 Å². The lowest BCUT2D eigenvalue weighted by molar-refractivity contribution is -0.137. The maximum absolute atomic E-state index is 14.2. The molecule has 4 amide bonds. The van der Waals surface area contributed by atoms with Gasteiger partial charge in [0, 0.05) is 54.0 Å². The van der Waals surface area contributed by atoms with E-state index in [2.05, 4.69) is 37.8 Å². The number of benzene rings is 3. The summed E-state index contributed by atoms with van der Waals surface area (Å²) in [6.07, 6.45) is 2.86. The fraction of sp³-hybridized carbons (Fsp3) is 0.200. The molecule has 3 heterocycles. The molecule has 258 valence electrons. The number of carbonyl (C=O) groups is 4. The number of anilines is 6. The average molecular weight is 683 g/mol. The molecule has 14 nitrogen and oxygen atoms in total. The molecule has 0 aliphatic carbocycles. The van der Waals surface area contributed by atoms with Crippen LogP contribution >= 0.6 is 0 Å². The maximum atomic E-state index is 14.2. The van der Waals surface area contributed by atoms with E-state index in [1.807, 2.05) is 0 Å². The second-order valence-electron chi connectivity index (χ2n) is 11.1. The summed E-state index contributed by atoms with van der Waals surface area (Å²) >= 11 is 0. The van der Waals surface area contributed by atoms with Crippen LogP contribution in [0.4, 0.5) is 38.9 Å². The largest absolute Gasteiger partial charge is 0.491 e. The van der Waals surface area contributed by atoms with E-state index in [0.29, 0.717) is 60.2 Å². The number of ether oxygens (including phenoxy) is 2. The molecule has 3 aromatic carbocycles. The van der Waals surface area contributed by atoms with Gasteiger partial charge in [-0.15, -0.1) is 0 Å². The third-order valence-corrected chi connectivity index (χ3v) is 7.61. The summed E-state index contributed by atoms with van der Waals surface area (Å²) in [6.45, 7) is 4.70. The highest BCUT2D eigenvalue weighted by atomic mass is 19.1. The van der Waals surface area contributed by atoms with Crippen LogP contribution in [-0.2, 0) is 25.7 Å². The van der Waals surface area contributed by atoms with Crippen molar-refractivity contribution in [1.82, 2.24) is 20.2 Å². The van der Waals surface area contributed by atoms with Gasteiger partial charge in [-0.1, -0.05) is 18.7 Å². The van der Waals surface area contributed by atoms with Crippen LogP contribution in [0.1, 0.15) is 28.8 Å². The molecule has 2 aliphatic heterocycles. The molecule has 1 fully saturated rings. The summed E-state index contributed by atoms with van der Waals surface area (Å²) in [7, 11) is 1.61. The summed E-state index contributed by atoms with van der Waals surface area (Å²) in [5.74, 6) is -0.941. The van der Waals surface area contributed by atoms with Crippen molar-refractivity contribution >= 4 is 58.1 Å². The molecule has 0 saturated carbocycles. The number of hydrogen-bond donors (Lipinski definition) is 5. The molecule has 6 N–H and O–H groups in total. The molecule has 1 saturated heterocycles. The zero-order valence-corrected chi connectivity index (χ0v) is 27.1. The number of imide groups is 1. The van der Waals surface area contributed by atoms with Crippen molar-refractivity contribution in [1.29, 1.82) is 0 Å². The minimum absolute atomic E-state index is 0.00998. The van der Waals surface area contributed by atoms with Gasteiger partial charge in [0.1, 0.15) is 18.4 Å². The minimum Gasteiger partial charge on any atom is -0.491 e. The number of nitrogens with two attached hydrogens (primary N) is 1. The number of aromatic nitrogens is 2. The Kier molecular flexibility index (Phi) is 11.3. The van der Waals surface area contributed by atoms with Crippen LogP contribution in [0, 0.1) is 5.82 Å². The number of fused-ring (bicyclic) bond motifs is 1. The van der Waals surface area contributed by atoms with Gasteiger partial charge in [-0.3, -0.25) is 24.5 Å². The van der Waals surface area contributed by atoms with Gasteiger partial charge in [0.05, 0.1) is 12.8 Å². The summed E-state index contributed by atoms with van der Waals surface area (Å²) in [6, 6.07) is 18.6. The first kappa shape index (κ1) is 35.0. The number of rotatable bonds is 11. The first-order valence-electron chi connectivity index (χ1n) is 15.5. The van der Waals surface area contributed by atoms with E-state index in [4.69, 9.17) is 15.2 Å². The third kappa shape index (κ3) is 8.76. The Morgan fingerprint density at radius 1 is 1.06 bits per heavy atom. The van der Waals surface area contributed by atoms with Crippen molar-refractivity contribution in [2.75, 3.05) is 42.0 Å². The van der Waals surface area contributed by atoms with E-state index in [-0.39, 0.29) is 35.9 Å². The second kappa shape index (κ2) is 16.2. The maximum Gasteiger partial charge on any atom is 0.255 e. The lowest BCUT2D eigenvalue weighted by Gasteiger charge is -2.29. The molecule has 0 bridgehead atoms. The Morgan fingerprint density at radius 3 is 2.54 bits per heavy atom. The van der Waals surface area contributed by atoms with E-state index in [1.54, 1.807) is 73.8 Å². The SMILES string of the molecule is C=CC(=O)Nc1cccc(Nc2nc(Nc3ccc(OCCOC)cc3)ncc2F)c1.Nc1cccc2c1CN(C1CCC(=O)NC1=O)C2=O. The van der Waals surface area contributed by atoms with E-state index >= 15 is 0 Å². The van der Waals surface area contributed by atoms with Crippen LogP contribution in [0.2, 0.25) is 0 Å². The van der Waals surface area contributed by atoms with Gasteiger partial charge in [-0.25, -0.2) is 9.37 Å². The average Bonchev–Trinajstić information content (AvgIpc) is 3.44. The summed E-state index contributed by atoms with van der Waals surface area (Å²) in [5, 5.41) is 10.8. The van der Waals surface area contributed by atoms with Crippen LogP contribution in [-0.4, -0.2) is 64.9 Å². The zero-order valence-electron chi connectivity index (χ0n) is 27.1. The molecule has 15 heteroatoms. The standard InChI is InChI=1S/C22H22FN5O3.C13H13N3O3/c1-3-20(29)25-16-5-4-6-17(13-16)26-21-19(23)14-24-22(28-21)27-15-7-9-18(10-8-15)31-12-11-30-2;14-9-3-1-2-7-8(9)6-16(13(7)19)10-4-5-11(17)15-12(10)18/h3-10,13-14H,1,11-12H2,2H3,(H,25,29)(H2,24,26,27,28);1-3,10H,4-6,14H2,(H,15,17,18). The zero-order chi connectivity index (χ0) is 35.6. The van der Waals surface area contributed by atoms with Crippen molar-refractivity contribution in [3.63, 3.8) is 0 Å². The molecule has 4 aromatic rings. The molecular formula is C35H35FN8O6. The molecule has 6 rings (SSSR count). The van der Waals surface area contributed by atoms with Gasteiger partial charge in [0.25, 0.3) is 5.91 Å². The van der Waals surface area contributed by atoms with Gasteiger partial charge >= 0.3 is 0 Å². The number of amides is 4. The lowest BCUT2D eigenvalue weighted by atomic mass is 10.0. The molecule has 2 aliphatic rings. The number of hydrogen-bond acceptors (Lipinski definition) is 11. The van der Waals surface area contributed by atoms with Crippen molar-refractivity contribution in [3.05, 3.63) is 103 Å². The highest BCUT2D eigenvalue weighted by molar-refractivity contribution is 6.06. The predicted octanol–water partition coefficient (Wildman–Crippen LogP) is 4.28. The topological polar surface area (TPSA) is 190 Å². The van der Waals surface area contributed by atoms with Gasteiger partial charge in [-0.2, -0.15) is 4.98 Å². The van der Waals surface area contributed by atoms with Crippen molar-refractivity contribution in [3.8, 4) is 5.75 Å². The molecule has 0 spiro atoms. The van der Waals surface area contributed by atoms with Gasteiger partial charge in [0.15, 0.2) is 11.6 Å². The first-order chi connectivity index (χ1) is 24.1. The van der Waals surface area contributed by atoms with Crippen LogP contribution in [0.15, 0.2) is 85.6 Å². The van der Waals surface area contributed by atoms with Gasteiger partial charge in [-0.05, 0) is 67.1 Å². The van der Waals surface area contributed by atoms with E-state index in [9.17, 15) is 23.6 Å². The van der Waals surface area contributed by atoms with Crippen molar-refractivity contribution < 1.29 is 33.0 Å². The smallest absolute Gasteiger partial charge is 0.255 e. The number of nitrogens with one attached hydrogen (secondary N) is 4. The number of piperidine rings is 1. The predicted molar refractivity (Wildman–Crippen MR) is 185 cm³/mol. The third-order valence-electron chi connectivity index (χ3n) is 7.61. The lowest BCUT2D eigenvalue weighted by Crippen LogP contribution is -2.52. The Hall–Kier alpha value is -6.35. The summed E-state index contributed by atoms with van der Waals surface area (Å²) in [4.78, 5) is 56.3. The fourth-order valence-electron chi connectivity index (χ4n) is 5.14. The number of carbonyl (C=O) groups excluding carboxylic acids is 4. The minimum atomic E-state index is -0.618. The number of halogens is 1. The normalized spacial score (nSPS) is 14.9. The Bertz CT molecular complexity index is 1900. The number of nitrogen functional groups attached to an aromatic ring is 1. The molecule has 50 heavy (non-hydrogen) atoms. The highest BCUT2D eigenvalue weighted by Gasteiger charge is 2.39. The highest BCUT2D eigenvalue weighted by Crippen LogP contribution is 2.31. The first-order valence-corrected chi connectivity index (χ1v) is 15.5. The number of methoxy groups -OCH3 is 1. The number of nitrogens with zero attached hydrogens (tertiary/aromatic N) is 3. The fourth-order valence-corrected chi connectivity index (χ4v) is 5.14. The summed E-state index contributed by atoms with van der Waals surface area (Å²) in [5.41, 5.74) is 9.51. The Morgan fingerprint density at radius 2 is 1.82 bits per heavy atom. The molecule has 0 radical (unpaired) electrons. The van der Waals surface area contributed by atoms with Crippen molar-refractivity contribution in [2.24, 2.45) is 0 Å². The van der Waals surface area contributed by atoms with E-state index in [0.717, 1.165) is 11.8 Å². The quantitative estimate of drug-likeness (QED) is 0.0657. The van der Waals surface area contributed by atoms with Crippen LogP contribution in [0.3, 0.4) is 0 Å². The summed E-state index contributed by atoms with van der Waals surface area (Å²) < 4.78 is 24.7. The molecule has 1 atom stereocenters. The van der Waals surface area contributed by atoms with E-state index < -0.39 is 17.8 Å². The molecule has 1 unspecified atom stereocenters. The van der Waals surface area contributed by atoms with Crippen LogP contribution in [0.25, 0.3) is 0 Å². The van der Waals surface area contributed by atoms with Crippen LogP contribution in [0.5, 0.6) is 5.75 Å². The molecule has 1 aromatic heterocycles. The molecular weight excluding hydrogens is 647 g/mol. The van der Waals surface area contributed by atoms with Crippen LogP contribution < -0.4 is 31.7 Å². The second-order valence-corrected chi connectivity index (χ2v) is 11.1. The Labute approximate surface area is 286 Å². The van der Waals surface area contributed by atoms with Crippen molar-refractivity contribution in [2.45, 2.75) is 25.4 Å². The van der Waals surface area contributed by atoms with Gasteiger partial charge in [0.2, 0.25) is 23.7 Å². The Balaban J connectivity index is 0.000000217.